The minimum Gasteiger partial charge on any atom is -0.320 e. The molecule has 1 aromatic heterocycles. The maximum absolute atomic E-state index is 13.0. The average Bonchev–Trinajstić information content (AvgIpc) is 2.88. The molecule has 2 rings (SSSR count). The van der Waals surface area contributed by atoms with E-state index in [0.717, 1.165) is 23.6 Å². The molecule has 1 amide bonds. The lowest BCUT2D eigenvalue weighted by molar-refractivity contribution is -0.384. The summed E-state index contributed by atoms with van der Waals surface area (Å²) < 4.78 is 13.0. The number of hydrogen-bond acceptors (Lipinski definition) is 5. The summed E-state index contributed by atoms with van der Waals surface area (Å²) >= 11 is 1.46. The minimum absolute atomic E-state index is 0.0189. The van der Waals surface area contributed by atoms with Crippen molar-refractivity contribution in [1.82, 2.24) is 4.98 Å². The van der Waals surface area contributed by atoms with Gasteiger partial charge in [-0.3, -0.25) is 14.9 Å². The molecule has 6 nitrogen and oxygen atoms in total. The molecule has 1 heterocycles. The number of anilines is 1. The van der Waals surface area contributed by atoms with E-state index in [1.54, 1.807) is 5.38 Å². The molecule has 0 radical (unpaired) electrons. The van der Waals surface area contributed by atoms with Gasteiger partial charge in [-0.05, 0) is 18.6 Å². The van der Waals surface area contributed by atoms with E-state index in [0.29, 0.717) is 5.69 Å². The number of nitro benzene ring substituents is 1. The Morgan fingerprint density at radius 3 is 2.90 bits per heavy atom. The molecule has 110 valence electrons. The monoisotopic (exact) mass is 309 g/mol. The molecule has 0 unspecified atom stereocenters. The highest BCUT2D eigenvalue weighted by Gasteiger charge is 2.17. The number of carbonyl (C=O) groups is 1. The predicted molar refractivity (Wildman–Crippen MR) is 76.9 cm³/mol. The topological polar surface area (TPSA) is 85.1 Å². The Morgan fingerprint density at radius 1 is 1.52 bits per heavy atom. The molecule has 0 aliphatic heterocycles. The van der Waals surface area contributed by atoms with Crippen molar-refractivity contribution < 1.29 is 14.1 Å². The van der Waals surface area contributed by atoms with Crippen molar-refractivity contribution in [3.05, 3.63) is 50.2 Å². The summed E-state index contributed by atoms with van der Waals surface area (Å²) in [5, 5.41) is 15.9. The normalized spacial score (nSPS) is 10.4. The van der Waals surface area contributed by atoms with Crippen molar-refractivity contribution in [2.75, 3.05) is 5.32 Å². The number of hydrogen-bond donors (Lipinski definition) is 1. The van der Waals surface area contributed by atoms with Crippen molar-refractivity contribution >= 4 is 28.6 Å². The Kier molecular flexibility index (Phi) is 4.59. The van der Waals surface area contributed by atoms with E-state index in [9.17, 15) is 19.3 Å². The number of aryl methyl sites for hydroxylation is 1. The summed E-state index contributed by atoms with van der Waals surface area (Å²) in [5.74, 6) is -1.16. The summed E-state index contributed by atoms with van der Waals surface area (Å²) in [6.07, 6.45) is 0.806. The molecule has 0 bridgehead atoms. The standard InChI is InChI=1S/C13H12FN3O3S/c1-2-13-15-9(7-21-13)6-12(18)16-10-4-3-8(14)5-11(10)17(19)20/h3-5,7H,2,6H2,1H3,(H,16,18). The van der Waals surface area contributed by atoms with E-state index in [1.807, 2.05) is 6.92 Å². The molecule has 0 saturated carbocycles. The van der Waals surface area contributed by atoms with E-state index >= 15 is 0 Å². The van der Waals surface area contributed by atoms with Crippen molar-refractivity contribution in [2.45, 2.75) is 19.8 Å². The van der Waals surface area contributed by atoms with Gasteiger partial charge in [-0.15, -0.1) is 11.3 Å². The molecule has 0 fully saturated rings. The lowest BCUT2D eigenvalue weighted by Crippen LogP contribution is -2.15. The van der Waals surface area contributed by atoms with Crippen LogP contribution in [0.3, 0.4) is 0 Å². The fourth-order valence-corrected chi connectivity index (χ4v) is 2.46. The Hall–Kier alpha value is -2.35. The summed E-state index contributed by atoms with van der Waals surface area (Å²) in [5.41, 5.74) is 0.104. The minimum atomic E-state index is -0.739. The molecular formula is C13H12FN3O3S. The third-order valence-corrected chi connectivity index (χ3v) is 3.72. The van der Waals surface area contributed by atoms with E-state index < -0.39 is 22.3 Å². The molecule has 8 heteroatoms. The van der Waals surface area contributed by atoms with Crippen LogP contribution < -0.4 is 5.32 Å². The van der Waals surface area contributed by atoms with E-state index in [-0.39, 0.29) is 12.1 Å². The first-order valence-electron chi connectivity index (χ1n) is 6.16. The number of nitrogens with zero attached hydrogens (tertiary/aromatic N) is 2. The number of nitrogens with one attached hydrogen (secondary N) is 1. The first kappa shape index (κ1) is 15.0. The zero-order valence-electron chi connectivity index (χ0n) is 11.1. The van der Waals surface area contributed by atoms with Crippen LogP contribution in [-0.2, 0) is 17.6 Å². The number of rotatable bonds is 5. The van der Waals surface area contributed by atoms with Gasteiger partial charge in [0.15, 0.2) is 0 Å². The predicted octanol–water partition coefficient (Wildman–Crippen LogP) is 2.93. The second-order valence-corrected chi connectivity index (χ2v) is 5.17. The SMILES string of the molecule is CCc1nc(CC(=O)Nc2ccc(F)cc2[N+](=O)[O-])cs1. The van der Waals surface area contributed by atoms with Gasteiger partial charge in [-0.25, -0.2) is 9.37 Å². The van der Waals surface area contributed by atoms with E-state index in [1.165, 1.54) is 17.4 Å². The number of aromatic nitrogens is 1. The van der Waals surface area contributed by atoms with E-state index in [4.69, 9.17) is 0 Å². The van der Waals surface area contributed by atoms with Crippen LogP contribution in [0.15, 0.2) is 23.6 Å². The summed E-state index contributed by atoms with van der Waals surface area (Å²) in [6, 6.07) is 3.00. The maximum atomic E-state index is 13.0. The number of thiazole rings is 1. The number of halogens is 1. The number of nitro groups is 1. The molecule has 21 heavy (non-hydrogen) atoms. The highest BCUT2D eigenvalue weighted by atomic mass is 32.1. The zero-order chi connectivity index (χ0) is 15.4. The van der Waals surface area contributed by atoms with Gasteiger partial charge in [-0.1, -0.05) is 6.92 Å². The highest BCUT2D eigenvalue weighted by Crippen LogP contribution is 2.25. The van der Waals surface area contributed by atoms with E-state index in [2.05, 4.69) is 10.3 Å². The van der Waals surface area contributed by atoms with Gasteiger partial charge < -0.3 is 5.32 Å². The van der Waals surface area contributed by atoms with Gasteiger partial charge >= 0.3 is 0 Å². The summed E-state index contributed by atoms with van der Waals surface area (Å²) in [4.78, 5) is 26.2. The van der Waals surface area contributed by atoms with Gasteiger partial charge in [0, 0.05) is 5.38 Å². The van der Waals surface area contributed by atoms with Crippen LogP contribution >= 0.6 is 11.3 Å². The lowest BCUT2D eigenvalue weighted by atomic mass is 10.2. The van der Waals surface area contributed by atoms with Crippen molar-refractivity contribution in [3.8, 4) is 0 Å². The number of carbonyl (C=O) groups excluding carboxylic acids is 1. The zero-order valence-corrected chi connectivity index (χ0v) is 11.9. The lowest BCUT2D eigenvalue weighted by Gasteiger charge is -2.05. The second kappa shape index (κ2) is 6.40. The Labute approximate surface area is 123 Å². The number of benzene rings is 1. The van der Waals surface area contributed by atoms with Crippen LogP contribution in [0.4, 0.5) is 15.8 Å². The largest absolute Gasteiger partial charge is 0.320 e. The summed E-state index contributed by atoms with van der Waals surface area (Å²) in [7, 11) is 0. The van der Waals surface area contributed by atoms with Crippen LogP contribution in [0.5, 0.6) is 0 Å². The Bertz CT molecular complexity index is 687. The first-order chi connectivity index (χ1) is 9.99. The maximum Gasteiger partial charge on any atom is 0.295 e. The molecule has 0 saturated heterocycles. The van der Waals surface area contributed by atoms with Crippen LogP contribution in [0.25, 0.3) is 0 Å². The van der Waals surface area contributed by atoms with Gasteiger partial charge in [-0.2, -0.15) is 0 Å². The van der Waals surface area contributed by atoms with Crippen molar-refractivity contribution in [3.63, 3.8) is 0 Å². The Balaban J connectivity index is 2.10. The number of amides is 1. The van der Waals surface area contributed by atoms with Crippen molar-refractivity contribution in [1.29, 1.82) is 0 Å². The molecule has 0 aliphatic carbocycles. The molecule has 0 atom stereocenters. The van der Waals surface area contributed by atoms with Gasteiger partial charge in [0.25, 0.3) is 5.69 Å². The second-order valence-electron chi connectivity index (χ2n) is 4.23. The summed E-state index contributed by atoms with van der Waals surface area (Å²) in [6.45, 7) is 1.96. The molecule has 1 aromatic carbocycles. The smallest absolute Gasteiger partial charge is 0.295 e. The van der Waals surface area contributed by atoms with Crippen LogP contribution in [-0.4, -0.2) is 15.8 Å². The third kappa shape index (κ3) is 3.82. The van der Waals surface area contributed by atoms with Gasteiger partial charge in [0.1, 0.15) is 11.5 Å². The van der Waals surface area contributed by atoms with Gasteiger partial charge in [0.05, 0.1) is 28.1 Å². The van der Waals surface area contributed by atoms with Crippen LogP contribution in [0.2, 0.25) is 0 Å². The average molecular weight is 309 g/mol. The quantitative estimate of drug-likeness (QED) is 0.679. The van der Waals surface area contributed by atoms with Crippen molar-refractivity contribution in [2.24, 2.45) is 0 Å². The molecule has 2 aromatic rings. The van der Waals surface area contributed by atoms with Crippen LogP contribution in [0.1, 0.15) is 17.6 Å². The van der Waals surface area contributed by atoms with Gasteiger partial charge in [0.2, 0.25) is 5.91 Å². The molecule has 0 aliphatic rings. The fourth-order valence-electron chi connectivity index (χ4n) is 1.71. The first-order valence-corrected chi connectivity index (χ1v) is 7.04. The molecule has 0 spiro atoms. The Morgan fingerprint density at radius 2 is 2.29 bits per heavy atom. The molecular weight excluding hydrogens is 297 g/mol. The molecule has 1 N–H and O–H groups in total. The van der Waals surface area contributed by atoms with Crippen LogP contribution in [0, 0.1) is 15.9 Å². The highest BCUT2D eigenvalue weighted by molar-refractivity contribution is 7.09. The third-order valence-electron chi connectivity index (χ3n) is 2.67. The fraction of sp³-hybridized carbons (Fsp3) is 0.231.